The van der Waals surface area contributed by atoms with Gasteiger partial charge in [0, 0.05) is 12.6 Å². The molecule has 0 aliphatic carbocycles. The summed E-state index contributed by atoms with van der Waals surface area (Å²) >= 11 is 0. The van der Waals surface area contributed by atoms with Crippen LogP contribution in [0.25, 0.3) is 0 Å². The summed E-state index contributed by atoms with van der Waals surface area (Å²) in [5.41, 5.74) is 0.0259. The standard InChI is InChI=1S/C15H18F2N4O/c1-9(2)14(15-18-8-19-21(15)3)20-12(22)7-10-5-4-6-11(16)13(10)17/h4-6,8-9,14H,7H2,1-3H3,(H,20,22). The number of nitrogens with one attached hydrogen (secondary N) is 1. The van der Waals surface area contributed by atoms with Crippen molar-refractivity contribution in [2.45, 2.75) is 26.3 Å². The molecule has 118 valence electrons. The Labute approximate surface area is 127 Å². The maximum atomic E-state index is 13.6. The maximum absolute atomic E-state index is 13.6. The summed E-state index contributed by atoms with van der Waals surface area (Å²) in [5, 5.41) is 6.79. The van der Waals surface area contributed by atoms with Crippen LogP contribution in [-0.2, 0) is 18.3 Å². The van der Waals surface area contributed by atoms with Crippen molar-refractivity contribution >= 4 is 5.91 Å². The highest BCUT2D eigenvalue weighted by atomic mass is 19.2. The molecule has 1 amide bonds. The van der Waals surface area contributed by atoms with E-state index in [-0.39, 0.29) is 23.9 Å². The summed E-state index contributed by atoms with van der Waals surface area (Å²) < 4.78 is 28.4. The number of carbonyl (C=O) groups excluding carboxylic acids is 1. The van der Waals surface area contributed by atoms with Crippen molar-refractivity contribution in [3.05, 3.63) is 47.5 Å². The third kappa shape index (κ3) is 3.47. The second-order valence-electron chi connectivity index (χ2n) is 5.42. The summed E-state index contributed by atoms with van der Waals surface area (Å²) in [6.45, 7) is 3.87. The van der Waals surface area contributed by atoms with Gasteiger partial charge in [-0.3, -0.25) is 9.48 Å². The lowest BCUT2D eigenvalue weighted by atomic mass is 10.0. The van der Waals surface area contributed by atoms with Gasteiger partial charge in [0.2, 0.25) is 5.91 Å². The number of carbonyl (C=O) groups is 1. The van der Waals surface area contributed by atoms with Gasteiger partial charge in [-0.05, 0) is 12.0 Å². The molecule has 0 aliphatic heterocycles. The van der Waals surface area contributed by atoms with Crippen LogP contribution in [0, 0.1) is 17.6 Å². The average molecular weight is 308 g/mol. The minimum Gasteiger partial charge on any atom is -0.346 e. The van der Waals surface area contributed by atoms with Gasteiger partial charge in [-0.1, -0.05) is 26.0 Å². The lowest BCUT2D eigenvalue weighted by molar-refractivity contribution is -0.121. The first-order valence-electron chi connectivity index (χ1n) is 6.96. The molecular formula is C15H18F2N4O. The second-order valence-corrected chi connectivity index (χ2v) is 5.42. The largest absolute Gasteiger partial charge is 0.346 e. The van der Waals surface area contributed by atoms with Crippen molar-refractivity contribution in [2.75, 3.05) is 0 Å². The monoisotopic (exact) mass is 308 g/mol. The Morgan fingerprint density at radius 1 is 1.36 bits per heavy atom. The van der Waals surface area contributed by atoms with Crippen molar-refractivity contribution in [2.24, 2.45) is 13.0 Å². The van der Waals surface area contributed by atoms with Crippen LogP contribution in [0.15, 0.2) is 24.5 Å². The maximum Gasteiger partial charge on any atom is 0.225 e. The summed E-state index contributed by atoms with van der Waals surface area (Å²) in [4.78, 5) is 16.3. The van der Waals surface area contributed by atoms with Crippen LogP contribution in [0.4, 0.5) is 8.78 Å². The molecule has 1 unspecified atom stereocenters. The Hall–Kier alpha value is -2.31. The highest BCUT2D eigenvalue weighted by Gasteiger charge is 2.23. The van der Waals surface area contributed by atoms with Crippen LogP contribution in [-0.4, -0.2) is 20.7 Å². The molecule has 1 N–H and O–H groups in total. The molecule has 5 nitrogen and oxygen atoms in total. The van der Waals surface area contributed by atoms with Gasteiger partial charge in [-0.2, -0.15) is 5.10 Å². The zero-order valence-electron chi connectivity index (χ0n) is 12.7. The van der Waals surface area contributed by atoms with E-state index in [2.05, 4.69) is 15.4 Å². The average Bonchev–Trinajstić information content (AvgIpc) is 2.87. The fourth-order valence-electron chi connectivity index (χ4n) is 2.20. The second kappa shape index (κ2) is 6.64. The smallest absolute Gasteiger partial charge is 0.225 e. The molecule has 7 heteroatoms. The number of rotatable bonds is 5. The predicted molar refractivity (Wildman–Crippen MR) is 76.8 cm³/mol. The van der Waals surface area contributed by atoms with E-state index in [0.717, 1.165) is 6.07 Å². The molecule has 0 spiro atoms. The predicted octanol–water partition coefficient (Wildman–Crippen LogP) is 2.15. The van der Waals surface area contributed by atoms with Crippen LogP contribution in [0.2, 0.25) is 0 Å². The number of hydrogen-bond acceptors (Lipinski definition) is 3. The van der Waals surface area contributed by atoms with E-state index < -0.39 is 17.5 Å². The summed E-state index contributed by atoms with van der Waals surface area (Å²) in [5.74, 6) is -1.66. The van der Waals surface area contributed by atoms with E-state index in [1.54, 1.807) is 11.7 Å². The first kappa shape index (κ1) is 16.1. The Balaban J connectivity index is 2.12. The fraction of sp³-hybridized carbons (Fsp3) is 0.400. The van der Waals surface area contributed by atoms with E-state index >= 15 is 0 Å². The molecule has 2 aromatic rings. The summed E-state index contributed by atoms with van der Waals surface area (Å²) in [6.07, 6.45) is 1.17. The molecule has 0 radical (unpaired) electrons. The van der Waals surface area contributed by atoms with E-state index in [1.165, 1.54) is 18.5 Å². The molecule has 2 rings (SSSR count). The quantitative estimate of drug-likeness (QED) is 0.920. The third-order valence-electron chi connectivity index (χ3n) is 3.39. The minimum atomic E-state index is -0.989. The van der Waals surface area contributed by atoms with E-state index in [0.29, 0.717) is 5.82 Å². The van der Waals surface area contributed by atoms with E-state index in [4.69, 9.17) is 0 Å². The molecule has 1 heterocycles. The molecule has 0 saturated carbocycles. The first-order chi connectivity index (χ1) is 10.4. The number of benzene rings is 1. The highest BCUT2D eigenvalue weighted by molar-refractivity contribution is 5.79. The van der Waals surface area contributed by atoms with E-state index in [1.807, 2.05) is 13.8 Å². The fourth-order valence-corrected chi connectivity index (χ4v) is 2.20. The Morgan fingerprint density at radius 3 is 2.68 bits per heavy atom. The number of nitrogens with zero attached hydrogens (tertiary/aromatic N) is 3. The van der Waals surface area contributed by atoms with Crippen molar-refractivity contribution in [1.29, 1.82) is 0 Å². The van der Waals surface area contributed by atoms with Gasteiger partial charge in [0.15, 0.2) is 11.6 Å². The minimum absolute atomic E-state index is 0.0259. The number of hydrogen-bond donors (Lipinski definition) is 1. The molecule has 1 atom stereocenters. The molecular weight excluding hydrogens is 290 g/mol. The Morgan fingerprint density at radius 2 is 2.09 bits per heavy atom. The zero-order chi connectivity index (χ0) is 16.3. The van der Waals surface area contributed by atoms with Crippen molar-refractivity contribution in [3.63, 3.8) is 0 Å². The number of aromatic nitrogens is 3. The van der Waals surface area contributed by atoms with Gasteiger partial charge in [0.1, 0.15) is 12.2 Å². The topological polar surface area (TPSA) is 59.8 Å². The third-order valence-corrected chi connectivity index (χ3v) is 3.39. The van der Waals surface area contributed by atoms with Crippen LogP contribution in [0.1, 0.15) is 31.3 Å². The van der Waals surface area contributed by atoms with E-state index in [9.17, 15) is 13.6 Å². The number of halogens is 2. The number of aryl methyl sites for hydroxylation is 1. The molecule has 1 aromatic heterocycles. The lowest BCUT2D eigenvalue weighted by Crippen LogP contribution is -2.34. The lowest BCUT2D eigenvalue weighted by Gasteiger charge is -2.21. The van der Waals surface area contributed by atoms with Crippen LogP contribution < -0.4 is 5.32 Å². The number of amides is 1. The summed E-state index contributed by atoms with van der Waals surface area (Å²) in [6, 6.07) is 3.44. The molecule has 1 aromatic carbocycles. The van der Waals surface area contributed by atoms with Gasteiger partial charge >= 0.3 is 0 Å². The molecule has 0 fully saturated rings. The van der Waals surface area contributed by atoms with Crippen LogP contribution in [0.5, 0.6) is 0 Å². The zero-order valence-corrected chi connectivity index (χ0v) is 12.7. The molecule has 0 saturated heterocycles. The van der Waals surface area contributed by atoms with Gasteiger partial charge in [0.25, 0.3) is 0 Å². The van der Waals surface area contributed by atoms with Crippen molar-refractivity contribution in [1.82, 2.24) is 20.1 Å². The Kier molecular flexibility index (Phi) is 4.85. The van der Waals surface area contributed by atoms with Gasteiger partial charge in [-0.15, -0.1) is 0 Å². The Bertz CT molecular complexity index is 669. The van der Waals surface area contributed by atoms with Gasteiger partial charge < -0.3 is 5.32 Å². The SMILES string of the molecule is CC(C)C(NC(=O)Cc1cccc(F)c1F)c1ncnn1C. The van der Waals surface area contributed by atoms with Crippen molar-refractivity contribution in [3.8, 4) is 0 Å². The molecule has 0 aliphatic rings. The van der Waals surface area contributed by atoms with Gasteiger partial charge in [-0.25, -0.2) is 13.8 Å². The van der Waals surface area contributed by atoms with Crippen LogP contribution in [0.3, 0.4) is 0 Å². The molecule has 22 heavy (non-hydrogen) atoms. The van der Waals surface area contributed by atoms with Gasteiger partial charge in [0.05, 0.1) is 12.5 Å². The van der Waals surface area contributed by atoms with Crippen molar-refractivity contribution < 1.29 is 13.6 Å². The highest BCUT2D eigenvalue weighted by Crippen LogP contribution is 2.19. The normalized spacial score (nSPS) is 12.5. The van der Waals surface area contributed by atoms with Crippen LogP contribution >= 0.6 is 0 Å². The molecule has 0 bridgehead atoms. The summed E-state index contributed by atoms with van der Waals surface area (Å²) in [7, 11) is 1.73. The first-order valence-corrected chi connectivity index (χ1v) is 6.96.